The fourth-order valence-electron chi connectivity index (χ4n) is 3.30. The number of hydrogen-bond acceptors (Lipinski definition) is 1. The van der Waals surface area contributed by atoms with Gasteiger partial charge in [0.15, 0.2) is 0 Å². The van der Waals surface area contributed by atoms with Gasteiger partial charge in [0.1, 0.15) is 0 Å². The Morgan fingerprint density at radius 2 is 2.06 bits per heavy atom. The Bertz CT molecular complexity index is 571. The molecule has 2 aliphatic carbocycles. The summed E-state index contributed by atoms with van der Waals surface area (Å²) in [4.78, 5) is 4.59. The molecule has 0 fully saturated rings. The number of rotatable bonds is 0. The van der Waals surface area contributed by atoms with E-state index in [-0.39, 0.29) is 0 Å². The molecule has 1 aromatic heterocycles. The summed E-state index contributed by atoms with van der Waals surface area (Å²) in [6.07, 6.45) is 5.81. The molecule has 0 saturated carbocycles. The van der Waals surface area contributed by atoms with Gasteiger partial charge in [-0.05, 0) is 42.0 Å². The van der Waals surface area contributed by atoms with Crippen LogP contribution in [0.15, 0.2) is 36.5 Å². The van der Waals surface area contributed by atoms with E-state index in [2.05, 4.69) is 35.3 Å². The predicted molar refractivity (Wildman–Crippen MR) is 64.5 cm³/mol. The van der Waals surface area contributed by atoms with Crippen LogP contribution >= 0.6 is 0 Å². The molecule has 2 aliphatic rings. The van der Waals surface area contributed by atoms with Crippen molar-refractivity contribution in [3.63, 3.8) is 0 Å². The first-order valence-electron chi connectivity index (χ1n) is 6.02. The lowest BCUT2D eigenvalue weighted by molar-refractivity contribution is 0.625. The molecular weight excluding hydrogens is 194 g/mol. The van der Waals surface area contributed by atoms with Crippen molar-refractivity contribution in [1.82, 2.24) is 4.98 Å². The molecule has 0 radical (unpaired) electrons. The molecule has 1 unspecified atom stereocenters. The number of aromatic nitrogens is 1. The molecule has 1 heteroatoms. The Morgan fingerprint density at radius 3 is 3.06 bits per heavy atom. The number of nitrogens with zero attached hydrogens (tertiary/aromatic N) is 1. The van der Waals surface area contributed by atoms with Crippen molar-refractivity contribution < 1.29 is 0 Å². The van der Waals surface area contributed by atoms with Gasteiger partial charge in [-0.25, -0.2) is 0 Å². The minimum atomic E-state index is 0.628. The van der Waals surface area contributed by atoms with Crippen molar-refractivity contribution in [3.05, 3.63) is 53.2 Å². The average Bonchev–Trinajstić information content (AvgIpc) is 2.68. The number of hydrogen-bond donors (Lipinski definition) is 0. The zero-order valence-corrected chi connectivity index (χ0v) is 9.11. The highest BCUT2D eigenvalue weighted by Gasteiger charge is 2.33. The largest absolute Gasteiger partial charge is 0.256 e. The van der Waals surface area contributed by atoms with E-state index in [1.807, 2.05) is 6.20 Å². The Balaban J connectivity index is 2.10. The van der Waals surface area contributed by atoms with Crippen LogP contribution < -0.4 is 0 Å². The number of benzene rings is 1. The van der Waals surface area contributed by atoms with Gasteiger partial charge < -0.3 is 0 Å². The van der Waals surface area contributed by atoms with Gasteiger partial charge in [-0.15, -0.1) is 0 Å². The van der Waals surface area contributed by atoms with E-state index in [0.29, 0.717) is 5.92 Å². The van der Waals surface area contributed by atoms with E-state index in [4.69, 9.17) is 0 Å². The molecular formula is C15H13N. The van der Waals surface area contributed by atoms with Gasteiger partial charge in [0.25, 0.3) is 0 Å². The van der Waals surface area contributed by atoms with Crippen molar-refractivity contribution in [1.29, 1.82) is 0 Å². The van der Waals surface area contributed by atoms with E-state index in [0.717, 1.165) is 0 Å². The topological polar surface area (TPSA) is 12.9 Å². The average molecular weight is 207 g/mol. The second kappa shape index (κ2) is 2.94. The second-order valence-electron chi connectivity index (χ2n) is 4.76. The van der Waals surface area contributed by atoms with Crippen LogP contribution in [0.5, 0.6) is 0 Å². The standard InChI is InChI=1S/C15H13N/c1-2-6-13-11(5-1)12-7-3-4-10-8-9-16-15(13)14(10)12/h1-2,5-6,8-9,12H,3-4,7H2. The summed E-state index contributed by atoms with van der Waals surface area (Å²) in [5, 5.41) is 0. The fraction of sp³-hybridized carbons (Fsp3) is 0.267. The van der Waals surface area contributed by atoms with E-state index in [9.17, 15) is 0 Å². The smallest absolute Gasteiger partial charge is 0.0745 e. The maximum atomic E-state index is 4.59. The fourth-order valence-corrected chi connectivity index (χ4v) is 3.30. The molecule has 1 aromatic carbocycles. The van der Waals surface area contributed by atoms with E-state index in [1.54, 1.807) is 0 Å². The minimum Gasteiger partial charge on any atom is -0.256 e. The summed E-state index contributed by atoms with van der Waals surface area (Å²) in [6, 6.07) is 11.0. The van der Waals surface area contributed by atoms with Crippen LogP contribution in [0.2, 0.25) is 0 Å². The molecule has 0 bridgehead atoms. The van der Waals surface area contributed by atoms with Crippen LogP contribution in [0.25, 0.3) is 11.3 Å². The zero-order valence-electron chi connectivity index (χ0n) is 9.11. The number of aryl methyl sites for hydroxylation is 1. The molecule has 16 heavy (non-hydrogen) atoms. The van der Waals surface area contributed by atoms with Gasteiger partial charge in [0.05, 0.1) is 5.69 Å². The van der Waals surface area contributed by atoms with Crippen molar-refractivity contribution in [2.24, 2.45) is 0 Å². The monoisotopic (exact) mass is 207 g/mol. The number of fused-ring (bicyclic) bond motifs is 3. The third-order valence-corrected chi connectivity index (χ3v) is 3.96. The maximum absolute atomic E-state index is 4.59. The molecule has 0 N–H and O–H groups in total. The van der Waals surface area contributed by atoms with Crippen molar-refractivity contribution in [2.75, 3.05) is 0 Å². The highest BCUT2D eigenvalue weighted by molar-refractivity contribution is 5.77. The molecule has 0 spiro atoms. The third kappa shape index (κ3) is 0.934. The van der Waals surface area contributed by atoms with Gasteiger partial charge in [-0.1, -0.05) is 24.3 Å². The lowest BCUT2D eigenvalue weighted by Crippen LogP contribution is -2.08. The predicted octanol–water partition coefficient (Wildman–Crippen LogP) is 3.53. The summed E-state index contributed by atoms with van der Waals surface area (Å²) in [7, 11) is 0. The first-order chi connectivity index (χ1) is 7.95. The van der Waals surface area contributed by atoms with Crippen molar-refractivity contribution >= 4 is 0 Å². The van der Waals surface area contributed by atoms with Crippen molar-refractivity contribution in [3.8, 4) is 11.3 Å². The Hall–Kier alpha value is -1.63. The van der Waals surface area contributed by atoms with Crippen molar-refractivity contribution in [2.45, 2.75) is 25.2 Å². The number of pyridine rings is 1. The highest BCUT2D eigenvalue weighted by atomic mass is 14.7. The third-order valence-electron chi connectivity index (χ3n) is 3.96. The van der Waals surface area contributed by atoms with Crippen LogP contribution in [0.1, 0.15) is 35.4 Å². The molecule has 1 atom stereocenters. The quantitative estimate of drug-likeness (QED) is 0.644. The van der Waals surface area contributed by atoms with Gasteiger partial charge in [0, 0.05) is 17.7 Å². The summed E-state index contributed by atoms with van der Waals surface area (Å²) < 4.78 is 0. The molecule has 1 heterocycles. The Labute approximate surface area is 95.2 Å². The maximum Gasteiger partial charge on any atom is 0.0745 e. The Kier molecular flexibility index (Phi) is 1.57. The van der Waals surface area contributed by atoms with Gasteiger partial charge >= 0.3 is 0 Å². The molecule has 78 valence electrons. The molecule has 4 rings (SSSR count). The second-order valence-corrected chi connectivity index (χ2v) is 4.76. The first kappa shape index (κ1) is 8.51. The van der Waals surface area contributed by atoms with Crippen LogP contribution in [0, 0.1) is 0 Å². The van der Waals surface area contributed by atoms with Gasteiger partial charge in [-0.3, -0.25) is 4.98 Å². The van der Waals surface area contributed by atoms with Crippen LogP contribution in [-0.2, 0) is 6.42 Å². The summed E-state index contributed by atoms with van der Waals surface area (Å²) in [5.74, 6) is 0.628. The van der Waals surface area contributed by atoms with E-state index < -0.39 is 0 Å². The van der Waals surface area contributed by atoms with Crippen LogP contribution in [0.4, 0.5) is 0 Å². The highest BCUT2D eigenvalue weighted by Crippen LogP contribution is 2.49. The molecule has 2 aromatic rings. The minimum absolute atomic E-state index is 0.628. The molecule has 0 amide bonds. The summed E-state index contributed by atoms with van der Waals surface area (Å²) in [6.45, 7) is 0. The van der Waals surface area contributed by atoms with Gasteiger partial charge in [-0.2, -0.15) is 0 Å². The Morgan fingerprint density at radius 1 is 1.12 bits per heavy atom. The first-order valence-corrected chi connectivity index (χ1v) is 6.02. The lowest BCUT2D eigenvalue weighted by atomic mass is 9.83. The lowest BCUT2D eigenvalue weighted by Gasteiger charge is -2.21. The van der Waals surface area contributed by atoms with E-state index >= 15 is 0 Å². The van der Waals surface area contributed by atoms with E-state index in [1.165, 1.54) is 47.2 Å². The SMILES string of the molecule is c1ccc2c(c1)-c1nccc3c1C2CCC3. The molecule has 1 nitrogen and oxygen atoms in total. The summed E-state index contributed by atoms with van der Waals surface area (Å²) >= 11 is 0. The van der Waals surface area contributed by atoms with Crippen LogP contribution in [-0.4, -0.2) is 4.98 Å². The van der Waals surface area contributed by atoms with Gasteiger partial charge in [0.2, 0.25) is 0 Å². The molecule has 0 saturated heterocycles. The van der Waals surface area contributed by atoms with Crippen LogP contribution in [0.3, 0.4) is 0 Å². The summed E-state index contributed by atoms with van der Waals surface area (Å²) in [5.41, 5.74) is 7.16. The normalized spacial score (nSPS) is 20.4. The zero-order chi connectivity index (χ0) is 10.5. The molecule has 0 aliphatic heterocycles.